The summed E-state index contributed by atoms with van der Waals surface area (Å²) in [5, 5.41) is 15.5. The fourth-order valence-electron chi connectivity index (χ4n) is 8.38. The summed E-state index contributed by atoms with van der Waals surface area (Å²) >= 11 is 3.79. The summed E-state index contributed by atoms with van der Waals surface area (Å²) in [6.07, 6.45) is -0.261. The van der Waals surface area contributed by atoms with Crippen molar-refractivity contribution in [2.75, 3.05) is 7.05 Å². The van der Waals surface area contributed by atoms with Crippen molar-refractivity contribution in [2.24, 2.45) is 0 Å². The van der Waals surface area contributed by atoms with E-state index in [0.29, 0.717) is 0 Å². The Morgan fingerprint density at radius 2 is 1.17 bits per heavy atom. The first kappa shape index (κ1) is 30.3. The maximum atomic E-state index is 6.56. The number of fused-ring (bicyclic) bond motifs is 9. The monoisotopic (exact) mass is 707 g/mol. The molecule has 4 heterocycles. The smallest absolute Gasteiger partial charge is 0.141 e. The van der Waals surface area contributed by atoms with Gasteiger partial charge in [0, 0.05) is 62.2 Å². The molecule has 0 radical (unpaired) electrons. The van der Waals surface area contributed by atoms with E-state index in [1.807, 2.05) is 28.7 Å². The quantitative estimate of drug-likeness (QED) is 0.191. The zero-order valence-corrected chi connectivity index (χ0v) is 30.0. The molecule has 3 unspecified atom stereocenters. The summed E-state index contributed by atoms with van der Waals surface area (Å²) in [4.78, 5) is 2.43. The number of rotatable bonds is 4. The average Bonchev–Trinajstić information content (AvgIpc) is 3.89. The van der Waals surface area contributed by atoms with Crippen molar-refractivity contribution in [3.63, 3.8) is 0 Å². The summed E-state index contributed by atoms with van der Waals surface area (Å²) in [6.45, 7) is 0. The van der Waals surface area contributed by atoms with Gasteiger partial charge in [0.05, 0.1) is 18.5 Å². The minimum Gasteiger partial charge on any atom is -0.456 e. The Balaban J connectivity index is 1.05. The molecule has 4 nitrogen and oxygen atoms in total. The van der Waals surface area contributed by atoms with Crippen LogP contribution in [0, 0.1) is 0 Å². The molecule has 0 saturated carbocycles. The third-order valence-electron chi connectivity index (χ3n) is 10.9. The van der Waals surface area contributed by atoms with E-state index in [-0.39, 0.29) is 18.5 Å². The van der Waals surface area contributed by atoms with Crippen molar-refractivity contribution < 1.29 is 4.42 Å². The van der Waals surface area contributed by atoms with Crippen LogP contribution in [-0.2, 0) is 0 Å². The second-order valence-corrected chi connectivity index (χ2v) is 15.9. The number of furan rings is 1. The van der Waals surface area contributed by atoms with E-state index in [1.165, 1.54) is 62.6 Å². The highest BCUT2D eigenvalue weighted by Gasteiger charge is 2.37. The minimum absolute atomic E-state index is 0.0323. The number of para-hydroxylation sites is 2. The van der Waals surface area contributed by atoms with E-state index in [1.54, 1.807) is 0 Å². The number of nitrogens with one attached hydrogen (secondary N) is 2. The lowest BCUT2D eigenvalue weighted by Gasteiger charge is -2.45. The molecule has 0 aliphatic carbocycles. The van der Waals surface area contributed by atoms with Gasteiger partial charge in [0.2, 0.25) is 0 Å². The zero-order valence-electron chi connectivity index (χ0n) is 28.3. The summed E-state index contributed by atoms with van der Waals surface area (Å²) in [5.41, 5.74) is 8.00. The van der Waals surface area contributed by atoms with Crippen molar-refractivity contribution in [3.05, 3.63) is 168 Å². The molecule has 7 aromatic carbocycles. The van der Waals surface area contributed by atoms with Gasteiger partial charge in [-0.25, -0.2) is 0 Å². The van der Waals surface area contributed by atoms with Crippen LogP contribution < -0.4 is 10.6 Å². The van der Waals surface area contributed by atoms with Gasteiger partial charge in [0.15, 0.2) is 0 Å². The molecular weight excluding hydrogens is 675 g/mol. The van der Waals surface area contributed by atoms with E-state index in [9.17, 15) is 0 Å². The van der Waals surface area contributed by atoms with Gasteiger partial charge in [-0.3, -0.25) is 15.5 Å². The molecule has 11 rings (SSSR count). The first-order valence-corrected chi connectivity index (χ1v) is 19.4. The van der Waals surface area contributed by atoms with E-state index in [4.69, 9.17) is 4.42 Å². The predicted octanol–water partition coefficient (Wildman–Crippen LogP) is 12.5. The molecule has 0 amide bonds. The molecule has 1 aliphatic rings. The second-order valence-electron chi connectivity index (χ2n) is 13.8. The first-order chi connectivity index (χ1) is 25.7. The van der Waals surface area contributed by atoms with Crippen LogP contribution in [0.3, 0.4) is 0 Å². The van der Waals surface area contributed by atoms with Gasteiger partial charge in [-0.2, -0.15) is 0 Å². The SMILES string of the molecule is CN1C(c2ccccc2)NC(c2cccc3c2oc2ccccc23)NC1c1cccc2c1sc1cc(-c3cccc4c3sc3ccccc34)ccc12. The number of hydrogen-bond acceptors (Lipinski definition) is 6. The normalized spacial score (nSPS) is 18.4. The molecular formula is C46H33N3OS2. The van der Waals surface area contributed by atoms with Crippen molar-refractivity contribution in [1.29, 1.82) is 0 Å². The summed E-state index contributed by atoms with van der Waals surface area (Å²) < 4.78 is 11.9. The molecule has 1 fully saturated rings. The lowest BCUT2D eigenvalue weighted by molar-refractivity contribution is 0.0426. The van der Waals surface area contributed by atoms with Crippen LogP contribution in [0.5, 0.6) is 0 Å². The molecule has 10 aromatic rings. The van der Waals surface area contributed by atoms with E-state index < -0.39 is 0 Å². The maximum absolute atomic E-state index is 6.56. The van der Waals surface area contributed by atoms with E-state index in [0.717, 1.165) is 27.5 Å². The van der Waals surface area contributed by atoms with Gasteiger partial charge in [-0.15, -0.1) is 22.7 Å². The third kappa shape index (κ3) is 4.63. The Labute approximate surface area is 308 Å². The van der Waals surface area contributed by atoms with Gasteiger partial charge in [-0.1, -0.05) is 133 Å². The molecule has 0 spiro atoms. The zero-order chi connectivity index (χ0) is 34.3. The van der Waals surface area contributed by atoms with Gasteiger partial charge in [0.1, 0.15) is 11.2 Å². The van der Waals surface area contributed by atoms with Crippen LogP contribution in [-0.4, -0.2) is 11.9 Å². The standard InChI is InChI=1S/C46H33N3OS2/c1-49-45(27-12-3-2-4-13-27)47-44(36-20-10-17-33-30-14-5-7-22-38(30)50-41(33)36)48-46(49)37-21-11-19-35-32-25-24-28(26-40(32)52-43(35)37)29-16-9-18-34-31-15-6-8-23-39(31)51-42(29)34/h2-26,44-48H,1H3. The average molecular weight is 708 g/mol. The highest BCUT2D eigenvalue weighted by Crippen LogP contribution is 2.45. The van der Waals surface area contributed by atoms with Crippen molar-refractivity contribution in [1.82, 2.24) is 15.5 Å². The highest BCUT2D eigenvalue weighted by molar-refractivity contribution is 7.26. The molecule has 1 saturated heterocycles. The third-order valence-corrected chi connectivity index (χ3v) is 13.3. The number of nitrogens with zero attached hydrogens (tertiary/aromatic N) is 1. The Hall–Kier alpha value is -5.34. The van der Waals surface area contributed by atoms with Crippen molar-refractivity contribution in [2.45, 2.75) is 18.5 Å². The fourth-order valence-corrected chi connectivity index (χ4v) is 10.9. The van der Waals surface area contributed by atoms with Crippen LogP contribution in [0.25, 0.3) is 73.4 Å². The molecule has 1 aliphatic heterocycles. The van der Waals surface area contributed by atoms with Gasteiger partial charge >= 0.3 is 0 Å². The van der Waals surface area contributed by atoms with Crippen LogP contribution >= 0.6 is 22.7 Å². The van der Waals surface area contributed by atoms with Gasteiger partial charge < -0.3 is 4.42 Å². The molecule has 0 bridgehead atoms. The number of benzene rings is 7. The van der Waals surface area contributed by atoms with Gasteiger partial charge in [0.25, 0.3) is 0 Å². The molecule has 3 aromatic heterocycles. The molecule has 250 valence electrons. The highest BCUT2D eigenvalue weighted by atomic mass is 32.1. The van der Waals surface area contributed by atoms with Crippen molar-refractivity contribution in [3.8, 4) is 11.1 Å². The largest absolute Gasteiger partial charge is 0.456 e. The predicted molar refractivity (Wildman–Crippen MR) is 220 cm³/mol. The molecule has 52 heavy (non-hydrogen) atoms. The first-order valence-electron chi connectivity index (χ1n) is 17.7. The molecule has 6 heteroatoms. The van der Waals surface area contributed by atoms with E-state index in [2.05, 4.69) is 168 Å². The summed E-state index contributed by atoms with van der Waals surface area (Å²) in [5.74, 6) is 0. The lowest BCUT2D eigenvalue weighted by Crippen LogP contribution is -2.54. The molecule has 3 atom stereocenters. The summed E-state index contributed by atoms with van der Waals surface area (Å²) in [6, 6.07) is 54.9. The fraction of sp³-hybridized carbons (Fsp3) is 0.0870. The Morgan fingerprint density at radius 3 is 2.06 bits per heavy atom. The van der Waals surface area contributed by atoms with Crippen molar-refractivity contribution >= 4 is 85.0 Å². The number of thiophene rings is 2. The van der Waals surface area contributed by atoms with Crippen LogP contribution in [0.1, 0.15) is 35.2 Å². The topological polar surface area (TPSA) is 40.4 Å². The number of hydrogen-bond donors (Lipinski definition) is 2. The Bertz CT molecular complexity index is 2980. The van der Waals surface area contributed by atoms with Crippen LogP contribution in [0.4, 0.5) is 0 Å². The lowest BCUT2D eigenvalue weighted by atomic mass is 9.99. The van der Waals surface area contributed by atoms with Crippen LogP contribution in [0.2, 0.25) is 0 Å². The van der Waals surface area contributed by atoms with Crippen LogP contribution in [0.15, 0.2) is 156 Å². The second kappa shape index (κ2) is 11.9. The minimum atomic E-state index is -0.159. The Kier molecular flexibility index (Phi) is 6.91. The maximum Gasteiger partial charge on any atom is 0.141 e. The van der Waals surface area contributed by atoms with E-state index >= 15 is 0 Å². The van der Waals surface area contributed by atoms with Gasteiger partial charge in [-0.05, 0) is 41.9 Å². The molecule has 2 N–H and O–H groups in total. The summed E-state index contributed by atoms with van der Waals surface area (Å²) in [7, 11) is 2.22. The Morgan fingerprint density at radius 1 is 0.519 bits per heavy atom.